The predicted molar refractivity (Wildman–Crippen MR) is 80.7 cm³/mol. The molecule has 2 aromatic rings. The number of para-hydroxylation sites is 1. The SMILES string of the molecule is O=C(Cc1ccccc1)NC1CNc2ccccc2C1. The normalized spacial score (nSPS) is 16.9. The molecule has 0 radical (unpaired) electrons. The van der Waals surface area contributed by atoms with E-state index in [1.807, 2.05) is 42.5 Å². The van der Waals surface area contributed by atoms with Crippen LogP contribution in [0.3, 0.4) is 0 Å². The number of hydrogen-bond donors (Lipinski definition) is 2. The molecule has 1 unspecified atom stereocenters. The molecule has 2 aromatic carbocycles. The third-order valence-corrected chi connectivity index (χ3v) is 3.60. The highest BCUT2D eigenvalue weighted by molar-refractivity contribution is 5.79. The molecule has 1 heterocycles. The van der Waals surface area contributed by atoms with E-state index in [1.54, 1.807) is 0 Å². The fourth-order valence-electron chi connectivity index (χ4n) is 2.60. The first-order valence-corrected chi connectivity index (χ1v) is 6.96. The number of rotatable bonds is 3. The molecule has 20 heavy (non-hydrogen) atoms. The van der Waals surface area contributed by atoms with Gasteiger partial charge in [0.1, 0.15) is 0 Å². The molecule has 1 amide bonds. The van der Waals surface area contributed by atoms with Crippen LogP contribution in [-0.2, 0) is 17.6 Å². The molecule has 1 aliphatic heterocycles. The summed E-state index contributed by atoms with van der Waals surface area (Å²) >= 11 is 0. The first-order valence-electron chi connectivity index (χ1n) is 6.96. The third kappa shape index (κ3) is 2.99. The molecule has 0 bridgehead atoms. The molecular weight excluding hydrogens is 248 g/mol. The van der Waals surface area contributed by atoms with Crippen LogP contribution in [-0.4, -0.2) is 18.5 Å². The summed E-state index contributed by atoms with van der Waals surface area (Å²) in [5.74, 6) is 0.0855. The van der Waals surface area contributed by atoms with Crippen LogP contribution >= 0.6 is 0 Å². The molecule has 0 spiro atoms. The van der Waals surface area contributed by atoms with Gasteiger partial charge in [0, 0.05) is 12.2 Å². The zero-order valence-electron chi connectivity index (χ0n) is 11.3. The average Bonchev–Trinajstić information content (AvgIpc) is 2.48. The van der Waals surface area contributed by atoms with Gasteiger partial charge >= 0.3 is 0 Å². The Kier molecular flexibility index (Phi) is 3.68. The molecule has 2 N–H and O–H groups in total. The summed E-state index contributed by atoms with van der Waals surface area (Å²) in [5.41, 5.74) is 3.50. The smallest absolute Gasteiger partial charge is 0.224 e. The van der Waals surface area contributed by atoms with Crippen LogP contribution in [0.2, 0.25) is 0 Å². The van der Waals surface area contributed by atoms with Crippen LogP contribution in [0.15, 0.2) is 54.6 Å². The van der Waals surface area contributed by atoms with E-state index in [0.29, 0.717) is 6.42 Å². The Morgan fingerprint density at radius 1 is 1.10 bits per heavy atom. The van der Waals surface area contributed by atoms with Crippen LogP contribution in [0.5, 0.6) is 0 Å². The molecule has 0 aliphatic carbocycles. The number of anilines is 1. The van der Waals surface area contributed by atoms with Crippen LogP contribution in [0, 0.1) is 0 Å². The molecule has 3 rings (SSSR count). The van der Waals surface area contributed by atoms with Gasteiger partial charge in [0.25, 0.3) is 0 Å². The van der Waals surface area contributed by atoms with E-state index in [4.69, 9.17) is 0 Å². The quantitative estimate of drug-likeness (QED) is 0.895. The van der Waals surface area contributed by atoms with Gasteiger partial charge in [0.05, 0.1) is 12.5 Å². The standard InChI is InChI=1S/C17H18N2O/c20-17(10-13-6-2-1-3-7-13)19-15-11-14-8-4-5-9-16(14)18-12-15/h1-9,15,18H,10-12H2,(H,19,20). The van der Waals surface area contributed by atoms with Crippen molar-refractivity contribution in [3.05, 3.63) is 65.7 Å². The molecule has 1 atom stereocenters. The maximum atomic E-state index is 12.1. The maximum Gasteiger partial charge on any atom is 0.224 e. The van der Waals surface area contributed by atoms with Crippen molar-refractivity contribution in [3.8, 4) is 0 Å². The largest absolute Gasteiger partial charge is 0.383 e. The van der Waals surface area contributed by atoms with Crippen molar-refractivity contribution in [3.63, 3.8) is 0 Å². The molecular formula is C17H18N2O. The molecule has 102 valence electrons. The Labute approximate surface area is 119 Å². The van der Waals surface area contributed by atoms with Crippen LogP contribution in [0.25, 0.3) is 0 Å². The van der Waals surface area contributed by atoms with E-state index < -0.39 is 0 Å². The number of benzene rings is 2. The highest BCUT2D eigenvalue weighted by Crippen LogP contribution is 2.20. The topological polar surface area (TPSA) is 41.1 Å². The summed E-state index contributed by atoms with van der Waals surface area (Å²) in [6.07, 6.45) is 1.34. The molecule has 1 aliphatic rings. The van der Waals surface area contributed by atoms with E-state index in [9.17, 15) is 4.79 Å². The molecule has 3 nitrogen and oxygen atoms in total. The summed E-state index contributed by atoms with van der Waals surface area (Å²) in [6.45, 7) is 0.789. The summed E-state index contributed by atoms with van der Waals surface area (Å²) < 4.78 is 0. The Bertz CT molecular complexity index is 595. The van der Waals surface area contributed by atoms with Gasteiger partial charge in [-0.2, -0.15) is 0 Å². The number of nitrogens with one attached hydrogen (secondary N) is 2. The second-order valence-corrected chi connectivity index (χ2v) is 5.17. The first-order chi connectivity index (χ1) is 9.81. The lowest BCUT2D eigenvalue weighted by atomic mass is 9.99. The van der Waals surface area contributed by atoms with Crippen LogP contribution in [0.1, 0.15) is 11.1 Å². The average molecular weight is 266 g/mol. The summed E-state index contributed by atoms with van der Waals surface area (Å²) in [4.78, 5) is 12.1. The van der Waals surface area contributed by atoms with Gasteiger partial charge in [-0.25, -0.2) is 0 Å². The van der Waals surface area contributed by atoms with Crippen molar-refractivity contribution in [2.45, 2.75) is 18.9 Å². The minimum atomic E-state index is 0.0855. The zero-order chi connectivity index (χ0) is 13.8. The molecule has 0 fully saturated rings. The predicted octanol–water partition coefficient (Wildman–Crippen LogP) is 2.38. The highest BCUT2D eigenvalue weighted by atomic mass is 16.1. The Morgan fingerprint density at radius 2 is 1.85 bits per heavy atom. The highest BCUT2D eigenvalue weighted by Gasteiger charge is 2.19. The van der Waals surface area contributed by atoms with Gasteiger partial charge < -0.3 is 10.6 Å². The van der Waals surface area contributed by atoms with Gasteiger partial charge in [-0.15, -0.1) is 0 Å². The van der Waals surface area contributed by atoms with Crippen molar-refractivity contribution in [1.29, 1.82) is 0 Å². The van der Waals surface area contributed by atoms with Crippen molar-refractivity contribution >= 4 is 11.6 Å². The minimum absolute atomic E-state index is 0.0855. The van der Waals surface area contributed by atoms with Gasteiger partial charge in [-0.3, -0.25) is 4.79 Å². The first kappa shape index (κ1) is 12.7. The van der Waals surface area contributed by atoms with Gasteiger partial charge in [0.15, 0.2) is 0 Å². The van der Waals surface area contributed by atoms with Gasteiger partial charge in [-0.1, -0.05) is 48.5 Å². The van der Waals surface area contributed by atoms with Crippen molar-refractivity contribution in [2.75, 3.05) is 11.9 Å². The van der Waals surface area contributed by atoms with Gasteiger partial charge in [-0.05, 0) is 23.6 Å². The second-order valence-electron chi connectivity index (χ2n) is 5.17. The second kappa shape index (κ2) is 5.78. The maximum absolute atomic E-state index is 12.1. The lowest BCUT2D eigenvalue weighted by Crippen LogP contribution is -2.44. The summed E-state index contributed by atoms with van der Waals surface area (Å²) in [7, 11) is 0. The molecule has 3 heteroatoms. The van der Waals surface area contributed by atoms with Crippen molar-refractivity contribution in [2.24, 2.45) is 0 Å². The lowest BCUT2D eigenvalue weighted by Gasteiger charge is -2.27. The fraction of sp³-hybridized carbons (Fsp3) is 0.235. The van der Waals surface area contributed by atoms with E-state index in [1.165, 1.54) is 11.3 Å². The number of fused-ring (bicyclic) bond motifs is 1. The van der Waals surface area contributed by atoms with E-state index in [0.717, 1.165) is 18.5 Å². The van der Waals surface area contributed by atoms with Crippen LogP contribution < -0.4 is 10.6 Å². The third-order valence-electron chi connectivity index (χ3n) is 3.60. The molecule has 0 saturated carbocycles. The van der Waals surface area contributed by atoms with Crippen molar-refractivity contribution < 1.29 is 4.79 Å². The summed E-state index contributed by atoms with van der Waals surface area (Å²) in [6, 6.07) is 18.3. The molecule has 0 saturated heterocycles. The Balaban J connectivity index is 1.58. The van der Waals surface area contributed by atoms with E-state index in [-0.39, 0.29) is 11.9 Å². The van der Waals surface area contributed by atoms with E-state index >= 15 is 0 Å². The summed E-state index contributed by atoms with van der Waals surface area (Å²) in [5, 5.41) is 6.47. The lowest BCUT2D eigenvalue weighted by molar-refractivity contribution is -0.121. The molecule has 0 aromatic heterocycles. The van der Waals surface area contributed by atoms with Crippen LogP contribution in [0.4, 0.5) is 5.69 Å². The van der Waals surface area contributed by atoms with Crippen molar-refractivity contribution in [1.82, 2.24) is 5.32 Å². The van der Waals surface area contributed by atoms with E-state index in [2.05, 4.69) is 22.8 Å². The number of hydrogen-bond acceptors (Lipinski definition) is 2. The number of amides is 1. The van der Waals surface area contributed by atoms with Gasteiger partial charge in [0.2, 0.25) is 5.91 Å². The Hall–Kier alpha value is -2.29. The minimum Gasteiger partial charge on any atom is -0.383 e. The zero-order valence-corrected chi connectivity index (χ0v) is 11.3. The fourth-order valence-corrected chi connectivity index (χ4v) is 2.60. The Morgan fingerprint density at radius 3 is 2.70 bits per heavy atom. The number of carbonyl (C=O) groups excluding carboxylic acids is 1. The monoisotopic (exact) mass is 266 g/mol. The number of carbonyl (C=O) groups is 1.